The third-order valence-corrected chi connectivity index (χ3v) is 13.2. The molecule has 1 heterocycles. The van der Waals surface area contributed by atoms with Crippen LogP contribution >= 0.6 is 0 Å². The van der Waals surface area contributed by atoms with Crippen molar-refractivity contribution in [3.05, 3.63) is 29.2 Å². The molecule has 0 amide bonds. The number of aromatic nitrogens is 1. The van der Waals surface area contributed by atoms with Gasteiger partial charge in [-0.1, -0.05) is 45.3 Å². The summed E-state index contributed by atoms with van der Waals surface area (Å²) in [5, 5.41) is 4.10. The summed E-state index contributed by atoms with van der Waals surface area (Å²) in [7, 11) is 2.92. The molecule has 40 heavy (non-hydrogen) atoms. The van der Waals surface area contributed by atoms with Crippen LogP contribution in [0.4, 0.5) is 0 Å². The molecule has 3 fully saturated rings. The molecule has 1 aromatic rings. The number of allylic oxidation sites excluding steroid dienone is 2. The zero-order chi connectivity index (χ0) is 29.1. The molecule has 3 saturated carbocycles. The summed E-state index contributed by atoms with van der Waals surface area (Å²) in [5.74, 6) is -0.0967. The fourth-order valence-corrected chi connectivity index (χ4v) is 11.0. The molecule has 1 aromatic heterocycles. The Morgan fingerprint density at radius 1 is 0.950 bits per heavy atom. The minimum absolute atomic E-state index is 0.0496. The van der Waals surface area contributed by atoms with Gasteiger partial charge in [-0.3, -0.25) is 14.4 Å². The van der Waals surface area contributed by atoms with Gasteiger partial charge < -0.3 is 14.0 Å². The number of methoxy groups -OCH3 is 2. The summed E-state index contributed by atoms with van der Waals surface area (Å²) in [5.41, 5.74) is -0.468. The fraction of sp³-hybridized carbons (Fsp3) is 0.758. The van der Waals surface area contributed by atoms with E-state index in [4.69, 9.17) is 14.0 Å². The van der Waals surface area contributed by atoms with Gasteiger partial charge in [0.2, 0.25) is 0 Å². The van der Waals surface area contributed by atoms with Crippen molar-refractivity contribution in [2.24, 2.45) is 44.8 Å². The van der Waals surface area contributed by atoms with E-state index in [-0.39, 0.29) is 51.7 Å². The van der Waals surface area contributed by atoms with Crippen LogP contribution in [0.3, 0.4) is 0 Å². The highest BCUT2D eigenvalue weighted by Crippen LogP contribution is 2.75. The third kappa shape index (κ3) is 3.13. The predicted molar refractivity (Wildman–Crippen MR) is 148 cm³/mol. The van der Waals surface area contributed by atoms with Crippen molar-refractivity contribution >= 4 is 17.7 Å². The van der Waals surface area contributed by atoms with Gasteiger partial charge in [0, 0.05) is 11.5 Å². The van der Waals surface area contributed by atoms with Crippen molar-refractivity contribution in [3.63, 3.8) is 0 Å². The van der Waals surface area contributed by atoms with Crippen molar-refractivity contribution in [3.8, 4) is 0 Å². The Labute approximate surface area is 237 Å². The number of hydrogen-bond acceptors (Lipinski definition) is 7. The lowest BCUT2D eigenvalue weighted by molar-refractivity contribution is -0.192. The Hall–Kier alpha value is -2.44. The average molecular weight is 552 g/mol. The summed E-state index contributed by atoms with van der Waals surface area (Å²) in [6.07, 6.45) is 10.1. The smallest absolute Gasteiger partial charge is 0.319 e. The number of esters is 2. The maximum atomic E-state index is 14.6. The summed E-state index contributed by atoms with van der Waals surface area (Å²) < 4.78 is 16.5. The van der Waals surface area contributed by atoms with E-state index in [0.717, 1.165) is 56.1 Å². The van der Waals surface area contributed by atoms with E-state index in [9.17, 15) is 14.4 Å². The van der Waals surface area contributed by atoms with Crippen LogP contribution in [-0.2, 0) is 35.7 Å². The number of nitrogens with zero attached hydrogens (tertiary/aromatic N) is 1. The molecule has 1 unspecified atom stereocenters. The Morgan fingerprint density at radius 2 is 1.62 bits per heavy atom. The van der Waals surface area contributed by atoms with Crippen LogP contribution in [0.1, 0.15) is 97.8 Å². The first-order valence-electron chi connectivity index (χ1n) is 15.0. The highest BCUT2D eigenvalue weighted by molar-refractivity contribution is 5.96. The molecule has 0 saturated heterocycles. The highest BCUT2D eigenvalue weighted by atomic mass is 16.5. The lowest BCUT2D eigenvalue weighted by atomic mass is 9.34. The number of ketones is 1. The number of carbonyl (C=O) groups excluding carboxylic acids is 3. The van der Waals surface area contributed by atoms with Crippen molar-refractivity contribution in [1.82, 2.24) is 5.16 Å². The van der Waals surface area contributed by atoms with E-state index in [1.807, 2.05) is 13.0 Å². The molecule has 5 aliphatic rings. The Morgan fingerprint density at radius 3 is 2.30 bits per heavy atom. The molecule has 8 atom stereocenters. The summed E-state index contributed by atoms with van der Waals surface area (Å²) in [6.45, 7) is 13.4. The quantitative estimate of drug-likeness (QED) is 0.416. The molecule has 5 aliphatic carbocycles. The van der Waals surface area contributed by atoms with Gasteiger partial charge in [-0.2, -0.15) is 0 Å². The lowest BCUT2D eigenvalue weighted by Gasteiger charge is -2.69. The number of carbonyl (C=O) groups is 3. The summed E-state index contributed by atoms with van der Waals surface area (Å²) in [6, 6.07) is 0. The fourth-order valence-electron chi connectivity index (χ4n) is 11.0. The molecule has 218 valence electrons. The Kier molecular flexibility index (Phi) is 5.76. The number of ether oxygens (including phenoxy) is 2. The number of rotatable bonds is 2. The molecule has 7 nitrogen and oxygen atoms in total. The van der Waals surface area contributed by atoms with Crippen molar-refractivity contribution < 1.29 is 28.4 Å². The first-order valence-corrected chi connectivity index (χ1v) is 15.0. The zero-order valence-corrected chi connectivity index (χ0v) is 25.4. The summed E-state index contributed by atoms with van der Waals surface area (Å²) >= 11 is 0. The van der Waals surface area contributed by atoms with Crippen LogP contribution < -0.4 is 0 Å². The molecule has 6 rings (SSSR count). The zero-order valence-electron chi connectivity index (χ0n) is 25.4. The van der Waals surface area contributed by atoms with Gasteiger partial charge in [-0.25, -0.2) is 0 Å². The summed E-state index contributed by atoms with van der Waals surface area (Å²) in [4.78, 5) is 41.5. The normalized spacial score (nSPS) is 45.0. The minimum atomic E-state index is -0.990. The van der Waals surface area contributed by atoms with Crippen molar-refractivity contribution in [2.75, 3.05) is 14.2 Å². The SMILES string of the molecule is COC(=O)[C@]12CCC(C)(C)C[C@H]1[C@H]1C(=O)C=C3[C@@]4(C)Cc5cnoc5[C@](C)(C(=O)OC)C4CC[C@@]3(C)[C@]1(C)CC2. The van der Waals surface area contributed by atoms with Gasteiger partial charge >= 0.3 is 11.9 Å². The van der Waals surface area contributed by atoms with E-state index < -0.39 is 16.2 Å². The van der Waals surface area contributed by atoms with Crippen LogP contribution in [0, 0.1) is 44.8 Å². The monoisotopic (exact) mass is 551 g/mol. The van der Waals surface area contributed by atoms with Crippen LogP contribution in [0.25, 0.3) is 0 Å². The molecular formula is C33H45NO6. The second-order valence-electron chi connectivity index (χ2n) is 15.4. The van der Waals surface area contributed by atoms with E-state index in [1.54, 1.807) is 6.20 Å². The van der Waals surface area contributed by atoms with E-state index in [0.29, 0.717) is 12.2 Å². The molecule has 0 aliphatic heterocycles. The predicted octanol–water partition coefficient (Wildman–Crippen LogP) is 6.00. The molecule has 0 bridgehead atoms. The van der Waals surface area contributed by atoms with Crippen LogP contribution in [0.2, 0.25) is 0 Å². The third-order valence-electron chi connectivity index (χ3n) is 13.2. The standard InChI is InChI=1S/C33H45NO6/c1-28(2)11-13-33(27(37)39-8)14-12-31(5)24(20(33)17-28)21(35)15-23-29(3)16-19-18-34-40-25(19)32(6,26(36)38-7)22(29)9-10-30(23,31)4/h15,18,20,22,24H,9-14,16-17H2,1-8H3/t20-,22?,24-,29-,30+,31+,32+,33-/m0/s1. The minimum Gasteiger partial charge on any atom is -0.469 e. The van der Waals surface area contributed by atoms with Gasteiger partial charge in [-0.05, 0) is 97.9 Å². The van der Waals surface area contributed by atoms with E-state index in [1.165, 1.54) is 14.2 Å². The van der Waals surface area contributed by atoms with Gasteiger partial charge in [0.25, 0.3) is 0 Å². The molecule has 0 aromatic carbocycles. The molecule has 0 spiro atoms. The first kappa shape index (κ1) is 27.7. The van der Waals surface area contributed by atoms with Crippen molar-refractivity contribution in [2.45, 2.75) is 98.3 Å². The lowest BCUT2D eigenvalue weighted by Crippen LogP contribution is -2.66. The van der Waals surface area contributed by atoms with Crippen LogP contribution in [0.5, 0.6) is 0 Å². The number of hydrogen-bond donors (Lipinski definition) is 0. The maximum absolute atomic E-state index is 14.6. The van der Waals surface area contributed by atoms with Gasteiger partial charge in [-0.15, -0.1) is 0 Å². The highest BCUT2D eigenvalue weighted by Gasteiger charge is 2.72. The van der Waals surface area contributed by atoms with Gasteiger partial charge in [0.1, 0.15) is 5.41 Å². The van der Waals surface area contributed by atoms with E-state index >= 15 is 0 Å². The van der Waals surface area contributed by atoms with Gasteiger partial charge in [0.05, 0.1) is 25.8 Å². The van der Waals surface area contributed by atoms with Crippen molar-refractivity contribution in [1.29, 1.82) is 0 Å². The Balaban J connectivity index is 1.52. The van der Waals surface area contributed by atoms with Gasteiger partial charge in [0.15, 0.2) is 11.5 Å². The molecular weight excluding hydrogens is 506 g/mol. The molecule has 0 N–H and O–H groups in total. The maximum Gasteiger partial charge on any atom is 0.319 e. The molecule has 7 heteroatoms. The topological polar surface area (TPSA) is 95.7 Å². The largest absolute Gasteiger partial charge is 0.469 e. The molecule has 0 radical (unpaired) electrons. The number of fused-ring (bicyclic) bond motifs is 8. The van der Waals surface area contributed by atoms with Crippen LogP contribution in [-0.4, -0.2) is 37.1 Å². The van der Waals surface area contributed by atoms with E-state index in [2.05, 4.69) is 39.8 Å². The van der Waals surface area contributed by atoms with Crippen LogP contribution in [0.15, 0.2) is 22.4 Å². The average Bonchev–Trinajstić information content (AvgIpc) is 3.37. The second kappa shape index (κ2) is 8.32. The Bertz CT molecular complexity index is 1330. The second-order valence-corrected chi connectivity index (χ2v) is 15.4. The first-order chi connectivity index (χ1) is 18.6.